The minimum Gasteiger partial charge on any atom is -0.457 e. The molecule has 0 unspecified atom stereocenters. The molecule has 1 N–H and O–H groups in total. The van der Waals surface area contributed by atoms with E-state index in [1.807, 2.05) is 67.6 Å². The van der Waals surface area contributed by atoms with Gasteiger partial charge in [-0.3, -0.25) is 13.9 Å². The zero-order valence-electron chi connectivity index (χ0n) is 23.0. The molecular formula is C32H33N3O5S. The van der Waals surface area contributed by atoms with Crippen LogP contribution < -0.4 is 14.4 Å². The Morgan fingerprint density at radius 2 is 1.32 bits per heavy atom. The SMILES string of the molecule is CC[C@H](C(=O)NC)N(Cc1ccccc1)C(=O)CN(c1ccc(Oc2ccccc2)cc1)S(=O)(=O)c1ccccc1. The highest BCUT2D eigenvalue weighted by molar-refractivity contribution is 7.92. The molecule has 0 spiro atoms. The summed E-state index contributed by atoms with van der Waals surface area (Å²) in [5, 5.41) is 2.63. The zero-order chi connectivity index (χ0) is 29.2. The summed E-state index contributed by atoms with van der Waals surface area (Å²) < 4.78 is 34.7. The van der Waals surface area contributed by atoms with E-state index in [1.54, 1.807) is 42.5 Å². The van der Waals surface area contributed by atoms with Crippen LogP contribution in [0.3, 0.4) is 0 Å². The van der Waals surface area contributed by atoms with Crippen molar-refractivity contribution in [2.24, 2.45) is 0 Å². The average Bonchev–Trinajstić information content (AvgIpc) is 3.01. The smallest absolute Gasteiger partial charge is 0.264 e. The summed E-state index contributed by atoms with van der Waals surface area (Å²) in [6, 6.07) is 32.2. The predicted octanol–water partition coefficient (Wildman–Crippen LogP) is 5.23. The standard InChI is InChI=1S/C32H33N3O5S/c1-3-30(32(37)33-2)34(23-25-13-7-4-8-14-25)31(36)24-35(41(38,39)29-17-11-6-12-18-29)26-19-21-28(22-20-26)40-27-15-9-5-10-16-27/h4-22,30H,3,23-24H2,1-2H3,(H,33,37)/t30-/m1/s1. The molecule has 4 aromatic rings. The summed E-state index contributed by atoms with van der Waals surface area (Å²) in [6.07, 6.45) is 0.356. The lowest BCUT2D eigenvalue weighted by atomic mass is 10.1. The Kier molecular flexibility index (Phi) is 9.76. The Hall–Kier alpha value is -4.63. The Morgan fingerprint density at radius 3 is 1.88 bits per heavy atom. The van der Waals surface area contributed by atoms with Crippen molar-refractivity contribution >= 4 is 27.5 Å². The number of likely N-dealkylation sites (N-methyl/N-ethyl adjacent to an activating group) is 1. The van der Waals surface area contributed by atoms with Crippen molar-refractivity contribution < 1.29 is 22.7 Å². The fourth-order valence-electron chi connectivity index (χ4n) is 4.42. The van der Waals surface area contributed by atoms with Crippen molar-refractivity contribution in [3.8, 4) is 11.5 Å². The van der Waals surface area contributed by atoms with E-state index in [4.69, 9.17) is 4.74 Å². The molecule has 0 saturated heterocycles. The molecule has 0 saturated carbocycles. The molecule has 0 aliphatic carbocycles. The molecule has 8 nitrogen and oxygen atoms in total. The molecule has 0 aromatic heterocycles. The molecule has 2 amide bonds. The molecule has 0 fully saturated rings. The average molecular weight is 572 g/mol. The third kappa shape index (κ3) is 7.32. The lowest BCUT2D eigenvalue weighted by Crippen LogP contribution is -2.51. The molecule has 4 aromatic carbocycles. The second-order valence-corrected chi connectivity index (χ2v) is 11.1. The Morgan fingerprint density at radius 1 is 0.780 bits per heavy atom. The minimum atomic E-state index is -4.14. The monoisotopic (exact) mass is 571 g/mol. The van der Waals surface area contributed by atoms with Crippen LogP contribution in [0.25, 0.3) is 0 Å². The normalized spacial score (nSPS) is 11.8. The number of amides is 2. The topological polar surface area (TPSA) is 96.0 Å². The molecule has 0 bridgehead atoms. The van der Waals surface area contributed by atoms with Crippen molar-refractivity contribution in [1.82, 2.24) is 10.2 Å². The molecule has 212 valence electrons. The number of sulfonamides is 1. The maximum atomic E-state index is 14.0. The lowest BCUT2D eigenvalue weighted by Gasteiger charge is -2.33. The van der Waals surface area contributed by atoms with Gasteiger partial charge in [-0.2, -0.15) is 0 Å². The summed E-state index contributed by atoms with van der Waals surface area (Å²) in [6.45, 7) is 1.46. The van der Waals surface area contributed by atoms with Crippen LogP contribution in [0.2, 0.25) is 0 Å². The summed E-state index contributed by atoms with van der Waals surface area (Å²) in [5.41, 5.74) is 1.11. The maximum Gasteiger partial charge on any atom is 0.264 e. The van der Waals surface area contributed by atoms with E-state index in [-0.39, 0.29) is 23.0 Å². The molecule has 0 aliphatic heterocycles. The first-order valence-electron chi connectivity index (χ1n) is 13.3. The number of ether oxygens (including phenoxy) is 1. The van der Waals surface area contributed by atoms with Gasteiger partial charge >= 0.3 is 0 Å². The van der Waals surface area contributed by atoms with E-state index in [0.717, 1.165) is 9.87 Å². The first-order chi connectivity index (χ1) is 19.8. The number of carbonyl (C=O) groups excluding carboxylic acids is 2. The molecule has 41 heavy (non-hydrogen) atoms. The van der Waals surface area contributed by atoms with E-state index in [2.05, 4.69) is 5.32 Å². The molecular weight excluding hydrogens is 538 g/mol. The van der Waals surface area contributed by atoms with Gasteiger partial charge in [-0.1, -0.05) is 73.7 Å². The predicted molar refractivity (Wildman–Crippen MR) is 159 cm³/mol. The van der Waals surface area contributed by atoms with E-state index < -0.39 is 28.5 Å². The van der Waals surface area contributed by atoms with Crippen LogP contribution in [0.1, 0.15) is 18.9 Å². The van der Waals surface area contributed by atoms with Crippen molar-refractivity contribution in [2.75, 3.05) is 17.9 Å². The van der Waals surface area contributed by atoms with Gasteiger partial charge in [0.1, 0.15) is 24.1 Å². The van der Waals surface area contributed by atoms with Gasteiger partial charge in [0.25, 0.3) is 10.0 Å². The van der Waals surface area contributed by atoms with Gasteiger partial charge in [0.2, 0.25) is 11.8 Å². The largest absolute Gasteiger partial charge is 0.457 e. The molecule has 0 radical (unpaired) electrons. The number of hydrogen-bond donors (Lipinski definition) is 1. The molecule has 1 atom stereocenters. The van der Waals surface area contributed by atoms with Gasteiger partial charge in [0.15, 0.2) is 0 Å². The minimum absolute atomic E-state index is 0.0466. The lowest BCUT2D eigenvalue weighted by molar-refractivity contribution is -0.140. The number of nitrogens with one attached hydrogen (secondary N) is 1. The van der Waals surface area contributed by atoms with Crippen LogP contribution in [0.4, 0.5) is 5.69 Å². The summed E-state index contributed by atoms with van der Waals surface area (Å²) >= 11 is 0. The van der Waals surface area contributed by atoms with Gasteiger partial charge in [0.05, 0.1) is 10.6 Å². The molecule has 9 heteroatoms. The third-order valence-electron chi connectivity index (χ3n) is 6.54. The zero-order valence-corrected chi connectivity index (χ0v) is 23.8. The number of rotatable bonds is 12. The van der Waals surface area contributed by atoms with Crippen molar-refractivity contribution in [2.45, 2.75) is 30.8 Å². The van der Waals surface area contributed by atoms with Crippen molar-refractivity contribution in [3.63, 3.8) is 0 Å². The van der Waals surface area contributed by atoms with Crippen molar-refractivity contribution in [3.05, 3.63) is 121 Å². The van der Waals surface area contributed by atoms with Crippen LogP contribution >= 0.6 is 0 Å². The fourth-order valence-corrected chi connectivity index (χ4v) is 5.85. The maximum absolute atomic E-state index is 14.0. The van der Waals surface area contributed by atoms with Gasteiger partial charge in [-0.25, -0.2) is 8.42 Å². The Labute approximate surface area is 241 Å². The van der Waals surface area contributed by atoms with E-state index >= 15 is 0 Å². The van der Waals surface area contributed by atoms with Crippen LogP contribution in [0.15, 0.2) is 120 Å². The van der Waals surface area contributed by atoms with Crippen LogP contribution in [-0.4, -0.2) is 44.8 Å². The Bertz CT molecular complexity index is 1530. The van der Waals surface area contributed by atoms with Crippen LogP contribution in [0, 0.1) is 0 Å². The second-order valence-electron chi connectivity index (χ2n) is 9.28. The first kappa shape index (κ1) is 29.4. The highest BCUT2D eigenvalue weighted by Gasteiger charge is 2.33. The van der Waals surface area contributed by atoms with Crippen LogP contribution in [-0.2, 0) is 26.2 Å². The van der Waals surface area contributed by atoms with Gasteiger partial charge in [-0.05, 0) is 60.5 Å². The number of nitrogens with zero attached hydrogens (tertiary/aromatic N) is 2. The Balaban J connectivity index is 1.70. The number of carbonyl (C=O) groups is 2. The fraction of sp³-hybridized carbons (Fsp3) is 0.188. The summed E-state index contributed by atoms with van der Waals surface area (Å²) in [5.74, 6) is 0.324. The van der Waals surface area contributed by atoms with Gasteiger partial charge in [-0.15, -0.1) is 0 Å². The number of para-hydroxylation sites is 1. The second kappa shape index (κ2) is 13.6. The summed E-state index contributed by atoms with van der Waals surface area (Å²) in [4.78, 5) is 28.2. The van der Waals surface area contributed by atoms with E-state index in [1.165, 1.54) is 24.1 Å². The number of benzene rings is 4. The number of hydrogen-bond acceptors (Lipinski definition) is 5. The van der Waals surface area contributed by atoms with E-state index in [0.29, 0.717) is 17.9 Å². The number of anilines is 1. The van der Waals surface area contributed by atoms with Gasteiger partial charge in [0, 0.05) is 13.6 Å². The highest BCUT2D eigenvalue weighted by Crippen LogP contribution is 2.28. The summed E-state index contributed by atoms with van der Waals surface area (Å²) in [7, 11) is -2.63. The highest BCUT2D eigenvalue weighted by atomic mass is 32.2. The third-order valence-corrected chi connectivity index (χ3v) is 8.33. The molecule has 4 rings (SSSR count). The first-order valence-corrected chi connectivity index (χ1v) is 14.7. The van der Waals surface area contributed by atoms with Gasteiger partial charge < -0.3 is 15.0 Å². The van der Waals surface area contributed by atoms with Crippen molar-refractivity contribution in [1.29, 1.82) is 0 Å². The van der Waals surface area contributed by atoms with Crippen LogP contribution in [0.5, 0.6) is 11.5 Å². The molecule has 0 heterocycles. The quantitative estimate of drug-likeness (QED) is 0.251. The van der Waals surface area contributed by atoms with E-state index in [9.17, 15) is 18.0 Å². The molecule has 0 aliphatic rings.